The first-order valence-corrected chi connectivity index (χ1v) is 12.8. The number of carboxylic acids is 1. The Labute approximate surface area is 224 Å². The van der Waals surface area contributed by atoms with E-state index < -0.39 is 73.0 Å². The molecule has 2 saturated heterocycles. The molecule has 1 aromatic rings. The molecular weight excluding hydrogens is 514 g/mol. The first-order valence-electron chi connectivity index (χ1n) is 12.8. The summed E-state index contributed by atoms with van der Waals surface area (Å²) in [5.41, 5.74) is 6.18. The minimum absolute atomic E-state index is 0.00131. The molecule has 0 spiro atoms. The fourth-order valence-electron chi connectivity index (χ4n) is 4.88. The fraction of sp³-hybridized carbons (Fsp3) is 0.560. The summed E-state index contributed by atoms with van der Waals surface area (Å²) in [6.45, 7) is -0.971. The van der Waals surface area contributed by atoms with E-state index in [0.29, 0.717) is 24.8 Å². The van der Waals surface area contributed by atoms with E-state index in [9.17, 15) is 44.4 Å². The number of hydrogen-bond donors (Lipinski definition) is 7. The Bertz CT molecular complexity index is 1070. The third-order valence-electron chi connectivity index (χ3n) is 6.98. The van der Waals surface area contributed by atoms with Crippen molar-refractivity contribution in [1.29, 1.82) is 0 Å². The Kier molecular flexibility index (Phi) is 10.2. The number of benzene rings is 1. The van der Waals surface area contributed by atoms with Crippen molar-refractivity contribution < 1.29 is 44.4 Å². The van der Waals surface area contributed by atoms with Crippen LogP contribution in [0.1, 0.15) is 31.2 Å². The number of phenolic OH excluding ortho intramolecular Hbond substituents is 1. The zero-order chi connectivity index (χ0) is 28.7. The highest BCUT2D eigenvalue weighted by Gasteiger charge is 2.40. The van der Waals surface area contributed by atoms with Crippen LogP contribution in [0, 0.1) is 0 Å². The number of nitrogens with one attached hydrogen (secondary N) is 2. The highest BCUT2D eigenvalue weighted by atomic mass is 16.4. The molecule has 2 aliphatic rings. The molecular formula is C25H35N5O9. The van der Waals surface area contributed by atoms with Gasteiger partial charge < -0.3 is 46.6 Å². The summed E-state index contributed by atoms with van der Waals surface area (Å²) in [5.74, 6) is -3.98. The quantitative estimate of drug-likeness (QED) is 0.151. The predicted molar refractivity (Wildman–Crippen MR) is 135 cm³/mol. The van der Waals surface area contributed by atoms with Crippen LogP contribution in [-0.4, -0.2) is 116 Å². The molecule has 2 fully saturated rings. The van der Waals surface area contributed by atoms with Gasteiger partial charge >= 0.3 is 5.97 Å². The van der Waals surface area contributed by atoms with Gasteiger partial charge in [0.05, 0.1) is 13.2 Å². The van der Waals surface area contributed by atoms with Crippen LogP contribution in [0.5, 0.6) is 5.75 Å². The number of carboxylic acid groups (broad SMARTS) is 1. The van der Waals surface area contributed by atoms with Crippen LogP contribution >= 0.6 is 0 Å². The second-order valence-corrected chi connectivity index (χ2v) is 9.68. The fourth-order valence-corrected chi connectivity index (χ4v) is 4.88. The third kappa shape index (κ3) is 7.22. The molecule has 2 aliphatic heterocycles. The van der Waals surface area contributed by atoms with Gasteiger partial charge in [-0.3, -0.25) is 19.2 Å². The number of carbonyl (C=O) groups excluding carboxylic acids is 4. The predicted octanol–water partition coefficient (Wildman–Crippen LogP) is -2.72. The van der Waals surface area contributed by atoms with Crippen molar-refractivity contribution in [3.63, 3.8) is 0 Å². The van der Waals surface area contributed by atoms with E-state index in [2.05, 4.69) is 10.6 Å². The molecule has 0 aromatic heterocycles. The number of nitrogens with zero attached hydrogens (tertiary/aromatic N) is 2. The number of rotatable bonds is 11. The first-order chi connectivity index (χ1) is 18.6. The number of amides is 4. The maximum Gasteiger partial charge on any atom is 0.326 e. The van der Waals surface area contributed by atoms with Crippen molar-refractivity contribution >= 4 is 29.6 Å². The molecule has 5 atom stereocenters. The number of aliphatic carboxylic acids is 1. The van der Waals surface area contributed by atoms with Gasteiger partial charge in [-0.15, -0.1) is 0 Å². The summed E-state index contributed by atoms with van der Waals surface area (Å²) >= 11 is 0. The van der Waals surface area contributed by atoms with E-state index in [1.165, 1.54) is 21.9 Å². The lowest BCUT2D eigenvalue weighted by molar-refractivity contribution is -0.149. The summed E-state index contributed by atoms with van der Waals surface area (Å²) < 4.78 is 0. The Morgan fingerprint density at radius 1 is 0.872 bits per heavy atom. The Morgan fingerprint density at radius 3 is 2.03 bits per heavy atom. The van der Waals surface area contributed by atoms with E-state index in [1.807, 2.05) is 0 Å². The van der Waals surface area contributed by atoms with Crippen LogP contribution in [0.25, 0.3) is 0 Å². The minimum Gasteiger partial charge on any atom is -0.508 e. The average molecular weight is 550 g/mol. The molecule has 0 radical (unpaired) electrons. The van der Waals surface area contributed by atoms with E-state index in [0.717, 1.165) is 0 Å². The summed E-state index contributed by atoms with van der Waals surface area (Å²) in [7, 11) is 0. The molecule has 14 nitrogen and oxygen atoms in total. The number of aliphatic hydroxyl groups is 2. The molecule has 4 amide bonds. The van der Waals surface area contributed by atoms with Crippen molar-refractivity contribution in [1.82, 2.24) is 20.4 Å². The minimum atomic E-state index is -1.47. The molecule has 39 heavy (non-hydrogen) atoms. The van der Waals surface area contributed by atoms with Crippen LogP contribution in [0.15, 0.2) is 24.3 Å². The Hall–Kier alpha value is -3.75. The SMILES string of the molecule is N[C@@H](CO)C(=O)N1CCC[C@H]1C(=O)N[C@@H](CO)C(=O)N[C@@H](Cc1ccc(O)cc1)C(=O)N1CCC[C@H]1C(=O)O. The molecule has 14 heteroatoms. The molecule has 0 bridgehead atoms. The molecule has 3 rings (SSSR count). The smallest absolute Gasteiger partial charge is 0.326 e. The summed E-state index contributed by atoms with van der Waals surface area (Å²) in [6.07, 6.45) is 1.51. The van der Waals surface area contributed by atoms with Gasteiger partial charge in [0.1, 0.15) is 36.0 Å². The van der Waals surface area contributed by atoms with E-state index in [1.54, 1.807) is 12.1 Å². The van der Waals surface area contributed by atoms with Gasteiger partial charge in [-0.05, 0) is 43.4 Å². The van der Waals surface area contributed by atoms with Crippen molar-refractivity contribution in [2.75, 3.05) is 26.3 Å². The second-order valence-electron chi connectivity index (χ2n) is 9.68. The summed E-state index contributed by atoms with van der Waals surface area (Å²) in [5, 5.41) is 43.1. The average Bonchev–Trinajstić information content (AvgIpc) is 3.61. The zero-order valence-corrected chi connectivity index (χ0v) is 21.4. The van der Waals surface area contributed by atoms with Crippen LogP contribution in [0.2, 0.25) is 0 Å². The molecule has 214 valence electrons. The van der Waals surface area contributed by atoms with E-state index >= 15 is 0 Å². The van der Waals surface area contributed by atoms with Gasteiger partial charge in [0.2, 0.25) is 23.6 Å². The number of nitrogens with two attached hydrogens (primary N) is 1. The number of hydrogen-bond acceptors (Lipinski definition) is 9. The van der Waals surface area contributed by atoms with Crippen LogP contribution in [0.4, 0.5) is 0 Å². The van der Waals surface area contributed by atoms with E-state index in [4.69, 9.17) is 5.73 Å². The lowest BCUT2D eigenvalue weighted by Crippen LogP contribution is -2.59. The van der Waals surface area contributed by atoms with Crippen LogP contribution in [-0.2, 0) is 30.4 Å². The maximum atomic E-state index is 13.4. The van der Waals surface area contributed by atoms with Crippen molar-refractivity contribution in [3.05, 3.63) is 29.8 Å². The Balaban J connectivity index is 1.75. The number of aliphatic hydroxyl groups excluding tert-OH is 2. The second kappa shape index (κ2) is 13.4. The molecule has 1 aromatic carbocycles. The highest BCUT2D eigenvalue weighted by molar-refractivity contribution is 5.96. The van der Waals surface area contributed by atoms with Gasteiger partial charge in [-0.2, -0.15) is 0 Å². The van der Waals surface area contributed by atoms with Gasteiger partial charge in [0.15, 0.2) is 0 Å². The lowest BCUT2D eigenvalue weighted by Gasteiger charge is -2.29. The summed E-state index contributed by atoms with van der Waals surface area (Å²) in [6, 6.07) is 0.0374. The van der Waals surface area contributed by atoms with Gasteiger partial charge in [-0.25, -0.2) is 4.79 Å². The van der Waals surface area contributed by atoms with Crippen LogP contribution < -0.4 is 16.4 Å². The van der Waals surface area contributed by atoms with Crippen molar-refractivity contribution in [3.8, 4) is 5.75 Å². The molecule has 2 heterocycles. The van der Waals surface area contributed by atoms with Crippen molar-refractivity contribution in [2.45, 2.75) is 62.3 Å². The number of aromatic hydroxyl groups is 1. The van der Waals surface area contributed by atoms with Gasteiger partial charge in [-0.1, -0.05) is 12.1 Å². The molecule has 0 saturated carbocycles. The largest absolute Gasteiger partial charge is 0.508 e. The maximum absolute atomic E-state index is 13.4. The number of likely N-dealkylation sites (tertiary alicyclic amines) is 2. The molecule has 8 N–H and O–H groups in total. The highest BCUT2D eigenvalue weighted by Crippen LogP contribution is 2.21. The van der Waals surface area contributed by atoms with E-state index in [-0.39, 0.29) is 31.7 Å². The first kappa shape index (κ1) is 29.8. The monoisotopic (exact) mass is 549 g/mol. The standard InChI is InChI=1S/C25H35N5O9/c26-16(12-31)23(36)29-9-1-3-19(29)22(35)28-18(13-32)21(34)27-17(11-14-5-7-15(33)8-6-14)24(37)30-10-2-4-20(30)25(38)39/h5-8,16-20,31-33H,1-4,9-13,26H2,(H,27,34)(H,28,35)(H,38,39)/t16-,17-,18-,19-,20-/m0/s1. The molecule has 0 unspecified atom stereocenters. The molecule has 0 aliphatic carbocycles. The number of carbonyl (C=O) groups is 5. The van der Waals surface area contributed by atoms with Crippen LogP contribution in [0.3, 0.4) is 0 Å². The van der Waals surface area contributed by atoms with Gasteiger partial charge in [0, 0.05) is 19.5 Å². The zero-order valence-electron chi connectivity index (χ0n) is 21.4. The number of phenols is 1. The normalized spacial score (nSPS) is 21.2. The van der Waals surface area contributed by atoms with Crippen molar-refractivity contribution in [2.24, 2.45) is 5.73 Å². The topological polar surface area (TPSA) is 223 Å². The Morgan fingerprint density at radius 2 is 1.46 bits per heavy atom. The lowest BCUT2D eigenvalue weighted by atomic mass is 10.0. The third-order valence-corrected chi connectivity index (χ3v) is 6.98. The summed E-state index contributed by atoms with van der Waals surface area (Å²) in [4.78, 5) is 66.0. The van der Waals surface area contributed by atoms with Gasteiger partial charge in [0.25, 0.3) is 0 Å².